The van der Waals surface area contributed by atoms with Crippen molar-refractivity contribution in [2.24, 2.45) is 5.10 Å². The summed E-state index contributed by atoms with van der Waals surface area (Å²) in [5, 5.41) is 50.2. The maximum absolute atomic E-state index is 14.0. The van der Waals surface area contributed by atoms with Crippen molar-refractivity contribution in [3.8, 4) is 11.5 Å². The fourth-order valence-corrected chi connectivity index (χ4v) is 9.58. The summed E-state index contributed by atoms with van der Waals surface area (Å²) in [6.45, 7) is 8.48. The second-order valence-corrected chi connectivity index (χ2v) is 17.1. The van der Waals surface area contributed by atoms with Crippen LogP contribution in [0.15, 0.2) is 29.4 Å². The minimum atomic E-state index is -1.76. The van der Waals surface area contributed by atoms with Crippen molar-refractivity contribution >= 4 is 29.2 Å². The van der Waals surface area contributed by atoms with Gasteiger partial charge in [-0.3, -0.25) is 19.2 Å². The van der Waals surface area contributed by atoms with Crippen molar-refractivity contribution in [3.05, 3.63) is 57.6 Å². The van der Waals surface area contributed by atoms with Crippen LogP contribution >= 0.6 is 0 Å². The summed E-state index contributed by atoms with van der Waals surface area (Å²) >= 11 is 0. The van der Waals surface area contributed by atoms with Gasteiger partial charge in [0.15, 0.2) is 24.7 Å². The molecule has 2 aromatic rings. The monoisotopic (exact) mass is 867 g/mol. The minimum absolute atomic E-state index is 0.0234. The number of carbonyl (C=O) groups is 4. The third-order valence-corrected chi connectivity index (χ3v) is 12.8. The smallest absolute Gasteiger partial charge is 0.316 e. The molecular weight excluding hydrogens is 810 g/mol. The molecule has 0 radical (unpaired) electrons. The number of hydrazone groups is 1. The van der Waals surface area contributed by atoms with Crippen molar-refractivity contribution in [2.45, 2.75) is 152 Å². The highest BCUT2D eigenvalue weighted by molar-refractivity contribution is 6.30. The number of phenols is 2. The molecule has 0 aromatic heterocycles. The lowest BCUT2D eigenvalue weighted by Gasteiger charge is -2.48. The van der Waals surface area contributed by atoms with E-state index in [4.69, 9.17) is 33.2 Å². The molecule has 4 unspecified atom stereocenters. The van der Waals surface area contributed by atoms with E-state index in [1.165, 1.54) is 38.3 Å². The molecule has 18 nitrogen and oxygen atoms in total. The first-order valence-corrected chi connectivity index (χ1v) is 21.1. The summed E-state index contributed by atoms with van der Waals surface area (Å²) in [7, 11) is 4.92. The second kappa shape index (κ2) is 18.0. The number of carbonyl (C=O) groups excluding carboxylic acids is 4. The Hall–Kier alpha value is -4.37. The van der Waals surface area contributed by atoms with Crippen LogP contribution in [0, 0.1) is 0 Å². The molecule has 3 aliphatic heterocycles. The maximum Gasteiger partial charge on any atom is 0.316 e. The lowest BCUT2D eigenvalue weighted by Crippen LogP contribution is -2.58. The van der Waals surface area contributed by atoms with Gasteiger partial charge in [0.25, 0.3) is 0 Å². The van der Waals surface area contributed by atoms with Gasteiger partial charge in [-0.25, -0.2) is 5.43 Å². The standard InChI is InChI=1S/C44H57N3O15/c1-9-44(55)18-30(35-24(37(44)43(54)56-8)15-25-36(40(35)53)39(52)34-23(38(25)51)11-10-12-28(34)49)60-32-16-27(47(6)7)41(20(3)58-32)62-33-17-29(50)42(21(4)59-33)61-31-14-13-26(19(2)57-31)46-45-22(5)48/h10-12,15,19-21,27,29-33,37,41-42,49-50,53,55H,9,13-14,16-18H2,1-8H3,(H,45,48)/b46-26-/t19?,20?,21?,27-,29-,30+,31+,32+,33+,37+,41?,42+,44-/m1/s1. The summed E-state index contributed by atoms with van der Waals surface area (Å²) < 4.78 is 43.2. The first-order valence-electron chi connectivity index (χ1n) is 21.1. The number of fused-ring (bicyclic) bond motifs is 3. The highest BCUT2D eigenvalue weighted by Crippen LogP contribution is 2.54. The number of methoxy groups -OCH3 is 1. The lowest BCUT2D eigenvalue weighted by molar-refractivity contribution is -0.324. The Balaban J connectivity index is 1.09. The van der Waals surface area contributed by atoms with Gasteiger partial charge in [0, 0.05) is 55.3 Å². The van der Waals surface area contributed by atoms with Crippen LogP contribution in [0.3, 0.4) is 0 Å². The Kier molecular flexibility index (Phi) is 13.3. The van der Waals surface area contributed by atoms with Crippen LogP contribution in [0.2, 0.25) is 0 Å². The normalized spacial score (nSPS) is 35.2. The third kappa shape index (κ3) is 8.52. The molecule has 0 saturated carbocycles. The van der Waals surface area contributed by atoms with Gasteiger partial charge in [-0.15, -0.1) is 0 Å². The fourth-order valence-electron chi connectivity index (χ4n) is 9.58. The number of ketones is 2. The number of hydrogen-bond donors (Lipinski definition) is 5. The quantitative estimate of drug-likeness (QED) is 0.145. The number of aromatic hydroxyl groups is 2. The molecule has 1 amide bonds. The summed E-state index contributed by atoms with van der Waals surface area (Å²) in [6.07, 6.45) is -6.23. The number of nitrogens with one attached hydrogen (secondary N) is 1. The molecule has 5 N–H and O–H groups in total. The van der Waals surface area contributed by atoms with Crippen LogP contribution in [-0.4, -0.2) is 143 Å². The van der Waals surface area contributed by atoms with Gasteiger partial charge in [-0.05, 0) is 65.4 Å². The van der Waals surface area contributed by atoms with Crippen LogP contribution in [-0.2, 0) is 42.7 Å². The molecule has 0 bridgehead atoms. The number of hydrogen-bond acceptors (Lipinski definition) is 17. The number of benzene rings is 2. The number of ether oxygens (including phenoxy) is 7. The fraction of sp³-hybridized carbons (Fsp3) is 0.614. The molecule has 13 atom stereocenters. The number of phenolic OH excluding ortho intramolecular Hbond substituents is 2. The molecule has 0 spiro atoms. The zero-order valence-corrected chi connectivity index (χ0v) is 36.2. The average Bonchev–Trinajstić information content (AvgIpc) is 3.21. The van der Waals surface area contributed by atoms with Gasteiger partial charge in [0.05, 0.1) is 60.1 Å². The van der Waals surface area contributed by atoms with E-state index in [2.05, 4.69) is 10.5 Å². The zero-order chi connectivity index (χ0) is 44.9. The number of likely N-dealkylation sites (N-methyl/N-ethyl adjacent to an activating group) is 1. The van der Waals surface area contributed by atoms with Crippen molar-refractivity contribution in [3.63, 3.8) is 0 Å². The van der Waals surface area contributed by atoms with Gasteiger partial charge >= 0.3 is 5.97 Å². The molecule has 2 aromatic carbocycles. The summed E-state index contributed by atoms with van der Waals surface area (Å²) in [5.41, 5.74) is 0.608. The van der Waals surface area contributed by atoms with E-state index in [1.807, 2.05) is 32.8 Å². The predicted octanol–water partition coefficient (Wildman–Crippen LogP) is 3.08. The summed E-state index contributed by atoms with van der Waals surface area (Å²) in [4.78, 5) is 54.5. The number of esters is 1. The molecule has 62 heavy (non-hydrogen) atoms. The van der Waals surface area contributed by atoms with Crippen LogP contribution in [0.25, 0.3) is 0 Å². The van der Waals surface area contributed by atoms with E-state index in [1.54, 1.807) is 13.8 Å². The summed E-state index contributed by atoms with van der Waals surface area (Å²) in [6, 6.07) is 5.10. The van der Waals surface area contributed by atoms with Crippen molar-refractivity contribution in [1.82, 2.24) is 10.3 Å². The maximum atomic E-state index is 14.0. The van der Waals surface area contributed by atoms with Gasteiger partial charge in [0.2, 0.25) is 11.7 Å². The Morgan fingerprint density at radius 2 is 1.61 bits per heavy atom. The zero-order valence-electron chi connectivity index (χ0n) is 36.2. The Labute approximate surface area is 359 Å². The van der Waals surface area contributed by atoms with Crippen LogP contribution in [0.1, 0.15) is 128 Å². The second-order valence-electron chi connectivity index (χ2n) is 17.1. The molecule has 3 fully saturated rings. The van der Waals surface area contributed by atoms with E-state index in [0.29, 0.717) is 18.6 Å². The van der Waals surface area contributed by atoms with E-state index in [0.717, 1.165) is 0 Å². The predicted molar refractivity (Wildman–Crippen MR) is 217 cm³/mol. The van der Waals surface area contributed by atoms with Crippen LogP contribution in [0.4, 0.5) is 0 Å². The highest BCUT2D eigenvalue weighted by atomic mass is 16.7. The van der Waals surface area contributed by atoms with Crippen LogP contribution < -0.4 is 5.43 Å². The van der Waals surface area contributed by atoms with E-state index in [-0.39, 0.29) is 71.0 Å². The third-order valence-electron chi connectivity index (χ3n) is 12.8. The molecule has 2 aliphatic carbocycles. The van der Waals surface area contributed by atoms with E-state index >= 15 is 0 Å². The van der Waals surface area contributed by atoms with Gasteiger partial charge in [-0.1, -0.05) is 19.1 Å². The number of rotatable bonds is 10. The Morgan fingerprint density at radius 1 is 0.935 bits per heavy atom. The van der Waals surface area contributed by atoms with Crippen LogP contribution in [0.5, 0.6) is 11.5 Å². The van der Waals surface area contributed by atoms with Crippen molar-refractivity contribution in [2.75, 3.05) is 21.2 Å². The molecule has 3 saturated heterocycles. The first kappa shape index (κ1) is 45.6. The minimum Gasteiger partial charge on any atom is -0.507 e. The number of aliphatic hydroxyl groups is 2. The number of amides is 1. The Bertz CT molecular complexity index is 2100. The summed E-state index contributed by atoms with van der Waals surface area (Å²) in [5.74, 6) is -4.90. The van der Waals surface area contributed by atoms with Gasteiger partial charge < -0.3 is 58.5 Å². The lowest BCUT2D eigenvalue weighted by atomic mass is 9.67. The molecule has 7 rings (SSSR count). The van der Waals surface area contributed by atoms with Gasteiger partial charge in [0.1, 0.15) is 29.6 Å². The van der Waals surface area contributed by atoms with E-state index < -0.39 is 102 Å². The van der Waals surface area contributed by atoms with Crippen molar-refractivity contribution in [1.29, 1.82) is 0 Å². The van der Waals surface area contributed by atoms with E-state index in [9.17, 15) is 39.6 Å². The molecule has 5 aliphatic rings. The largest absolute Gasteiger partial charge is 0.507 e. The topological polar surface area (TPSA) is 241 Å². The SMILES string of the molecule is CC[C@@]1(O)C[C@H](O[C@H]2C[C@@H](N(C)C)C(O[C@H]3C[C@@H](O)[C@@H](O[C@H]4CC/C(=N/NC(C)=O)C(C)O4)C(C)O3)C(C)O2)c2c(cc3c(c2O)C(=O)c2c(O)cccc2C3=O)[C@H]1C(=O)OC. The van der Waals surface area contributed by atoms with Gasteiger partial charge in [-0.2, -0.15) is 5.10 Å². The number of nitrogens with zero attached hydrogens (tertiary/aromatic N) is 2. The number of aliphatic hydroxyl groups excluding tert-OH is 1. The average molecular weight is 868 g/mol. The Morgan fingerprint density at radius 3 is 2.24 bits per heavy atom. The molecule has 3 heterocycles. The molecule has 18 heteroatoms. The molecule has 338 valence electrons. The highest BCUT2D eigenvalue weighted by Gasteiger charge is 2.53. The molecular formula is C44H57N3O15. The first-order chi connectivity index (χ1) is 29.4. The van der Waals surface area contributed by atoms with Crippen molar-refractivity contribution < 1.29 is 72.8 Å².